The fraction of sp³-hybridized carbons (Fsp3) is 0.714. The minimum atomic E-state index is -0.828. The Balaban J connectivity index is 3.34. The SMILES string of the molecule is C=C(C(N)=O)C(=O)OCCCCCCCCN(C)C. The molecule has 0 spiro atoms. The molecular formula is C14H26N2O3. The van der Waals surface area contributed by atoms with E-state index in [9.17, 15) is 9.59 Å². The van der Waals surface area contributed by atoms with E-state index >= 15 is 0 Å². The molecule has 0 saturated carbocycles. The number of amides is 1. The van der Waals surface area contributed by atoms with E-state index in [2.05, 4.69) is 25.6 Å². The van der Waals surface area contributed by atoms with Crippen molar-refractivity contribution < 1.29 is 14.3 Å². The molecule has 0 aromatic carbocycles. The number of rotatable bonds is 11. The summed E-state index contributed by atoms with van der Waals surface area (Å²) in [5, 5.41) is 0. The number of primary amides is 1. The second kappa shape index (κ2) is 10.6. The summed E-state index contributed by atoms with van der Waals surface area (Å²) in [5.74, 6) is -1.54. The predicted molar refractivity (Wildman–Crippen MR) is 75.5 cm³/mol. The average Bonchev–Trinajstić information content (AvgIpc) is 2.35. The Labute approximate surface area is 115 Å². The number of nitrogens with zero attached hydrogens (tertiary/aromatic N) is 1. The van der Waals surface area contributed by atoms with Crippen LogP contribution in [-0.2, 0) is 14.3 Å². The molecule has 19 heavy (non-hydrogen) atoms. The lowest BCUT2D eigenvalue weighted by molar-refractivity contribution is -0.140. The number of nitrogens with two attached hydrogens (primary N) is 1. The third-order valence-electron chi connectivity index (χ3n) is 2.78. The Hall–Kier alpha value is -1.36. The van der Waals surface area contributed by atoms with Gasteiger partial charge in [0.2, 0.25) is 0 Å². The third kappa shape index (κ3) is 10.3. The van der Waals surface area contributed by atoms with E-state index in [0.29, 0.717) is 6.61 Å². The van der Waals surface area contributed by atoms with Crippen molar-refractivity contribution in [1.29, 1.82) is 0 Å². The van der Waals surface area contributed by atoms with Crippen LogP contribution in [0.15, 0.2) is 12.2 Å². The first-order valence-corrected chi connectivity index (χ1v) is 6.75. The van der Waals surface area contributed by atoms with Crippen LogP contribution in [0.3, 0.4) is 0 Å². The third-order valence-corrected chi connectivity index (χ3v) is 2.78. The Bertz CT molecular complexity index is 301. The molecule has 2 N–H and O–H groups in total. The van der Waals surface area contributed by atoms with Gasteiger partial charge in [-0.15, -0.1) is 0 Å². The molecule has 110 valence electrons. The van der Waals surface area contributed by atoms with E-state index in [1.807, 2.05) is 0 Å². The molecule has 5 nitrogen and oxygen atoms in total. The molecule has 0 radical (unpaired) electrons. The maximum absolute atomic E-state index is 11.2. The number of hydrogen-bond acceptors (Lipinski definition) is 4. The van der Waals surface area contributed by atoms with Crippen molar-refractivity contribution in [1.82, 2.24) is 4.90 Å². The first-order valence-electron chi connectivity index (χ1n) is 6.75. The van der Waals surface area contributed by atoms with E-state index < -0.39 is 11.9 Å². The average molecular weight is 270 g/mol. The number of carbonyl (C=O) groups excluding carboxylic acids is 2. The topological polar surface area (TPSA) is 72.6 Å². The summed E-state index contributed by atoms with van der Waals surface area (Å²) in [6.07, 6.45) is 6.64. The summed E-state index contributed by atoms with van der Waals surface area (Å²) in [6.45, 7) is 4.72. The maximum atomic E-state index is 11.2. The molecule has 5 heteroatoms. The highest BCUT2D eigenvalue weighted by atomic mass is 16.5. The van der Waals surface area contributed by atoms with E-state index in [1.165, 1.54) is 19.3 Å². The standard InChI is InChI=1S/C14H26N2O3/c1-12(13(15)17)14(18)19-11-9-7-5-4-6-8-10-16(2)3/h1,4-11H2,2-3H3,(H2,15,17). The van der Waals surface area contributed by atoms with Gasteiger partial charge >= 0.3 is 5.97 Å². The molecule has 0 aromatic heterocycles. The molecule has 0 unspecified atom stereocenters. The molecule has 0 heterocycles. The number of esters is 1. The van der Waals surface area contributed by atoms with Crippen molar-refractivity contribution in [2.24, 2.45) is 5.73 Å². The zero-order chi connectivity index (χ0) is 14.7. The summed E-state index contributed by atoms with van der Waals surface area (Å²) in [4.78, 5) is 24.0. The van der Waals surface area contributed by atoms with Crippen LogP contribution in [0, 0.1) is 0 Å². The molecule has 0 aliphatic heterocycles. The molecule has 0 aliphatic carbocycles. The van der Waals surface area contributed by atoms with Crippen LogP contribution in [0.1, 0.15) is 38.5 Å². The smallest absolute Gasteiger partial charge is 0.343 e. The van der Waals surface area contributed by atoms with E-state index in [4.69, 9.17) is 10.5 Å². The number of unbranched alkanes of at least 4 members (excludes halogenated alkanes) is 5. The van der Waals surface area contributed by atoms with Crippen molar-refractivity contribution in [2.75, 3.05) is 27.2 Å². The second-order valence-corrected chi connectivity index (χ2v) is 4.90. The summed E-state index contributed by atoms with van der Waals surface area (Å²) in [7, 11) is 4.16. The van der Waals surface area contributed by atoms with Gasteiger partial charge in [0.15, 0.2) is 0 Å². The van der Waals surface area contributed by atoms with Crippen molar-refractivity contribution in [2.45, 2.75) is 38.5 Å². The van der Waals surface area contributed by atoms with Gasteiger partial charge in [-0.2, -0.15) is 0 Å². The zero-order valence-electron chi connectivity index (χ0n) is 12.1. The van der Waals surface area contributed by atoms with Crippen LogP contribution in [0.4, 0.5) is 0 Å². The minimum absolute atomic E-state index is 0.288. The van der Waals surface area contributed by atoms with Crippen molar-refractivity contribution in [3.05, 3.63) is 12.2 Å². The van der Waals surface area contributed by atoms with Gasteiger partial charge in [0.25, 0.3) is 5.91 Å². The van der Waals surface area contributed by atoms with Crippen LogP contribution in [0.2, 0.25) is 0 Å². The number of hydrogen-bond donors (Lipinski definition) is 1. The van der Waals surface area contributed by atoms with Crippen LogP contribution in [0.5, 0.6) is 0 Å². The second-order valence-electron chi connectivity index (χ2n) is 4.90. The lowest BCUT2D eigenvalue weighted by atomic mass is 10.1. The Kier molecular flexibility index (Phi) is 9.80. The normalized spacial score (nSPS) is 10.5. The van der Waals surface area contributed by atoms with Gasteiger partial charge in [0.1, 0.15) is 5.57 Å². The molecule has 1 amide bonds. The highest BCUT2D eigenvalue weighted by Crippen LogP contribution is 2.06. The molecule has 0 rings (SSSR count). The number of ether oxygens (including phenoxy) is 1. The monoisotopic (exact) mass is 270 g/mol. The molecule has 0 bridgehead atoms. The van der Waals surface area contributed by atoms with Gasteiger partial charge in [-0.3, -0.25) is 4.79 Å². The fourth-order valence-electron chi connectivity index (χ4n) is 1.59. The van der Waals surface area contributed by atoms with Crippen LogP contribution in [0.25, 0.3) is 0 Å². The predicted octanol–water partition coefficient (Wildman–Crippen LogP) is 1.47. The number of carbonyl (C=O) groups is 2. The summed E-state index contributed by atoms with van der Waals surface area (Å²) in [5.41, 5.74) is 4.63. The van der Waals surface area contributed by atoms with E-state index in [0.717, 1.165) is 25.8 Å². The summed E-state index contributed by atoms with van der Waals surface area (Å²) < 4.78 is 4.88. The van der Waals surface area contributed by atoms with Gasteiger partial charge in [0.05, 0.1) is 6.61 Å². The maximum Gasteiger partial charge on any atom is 0.343 e. The molecule has 0 fully saturated rings. The van der Waals surface area contributed by atoms with E-state index in [1.54, 1.807) is 0 Å². The van der Waals surface area contributed by atoms with Crippen molar-refractivity contribution in [3.8, 4) is 0 Å². The zero-order valence-corrected chi connectivity index (χ0v) is 12.1. The Morgan fingerprint density at radius 2 is 1.58 bits per heavy atom. The molecule has 0 aromatic rings. The lowest BCUT2D eigenvalue weighted by Crippen LogP contribution is -2.21. The Morgan fingerprint density at radius 3 is 2.11 bits per heavy atom. The Morgan fingerprint density at radius 1 is 1.05 bits per heavy atom. The first-order chi connectivity index (χ1) is 8.95. The highest BCUT2D eigenvalue weighted by molar-refractivity contribution is 6.15. The van der Waals surface area contributed by atoms with Gasteiger partial charge < -0.3 is 15.4 Å². The molecule has 0 saturated heterocycles. The fourth-order valence-corrected chi connectivity index (χ4v) is 1.59. The molecule has 0 atom stereocenters. The quantitative estimate of drug-likeness (QED) is 0.203. The summed E-state index contributed by atoms with van der Waals surface area (Å²) in [6, 6.07) is 0. The lowest BCUT2D eigenvalue weighted by Gasteiger charge is -2.08. The van der Waals surface area contributed by atoms with Crippen molar-refractivity contribution in [3.63, 3.8) is 0 Å². The van der Waals surface area contributed by atoms with Gasteiger partial charge in [-0.25, -0.2) is 4.79 Å². The van der Waals surface area contributed by atoms with Crippen LogP contribution >= 0.6 is 0 Å². The first kappa shape index (κ1) is 17.6. The molecular weight excluding hydrogens is 244 g/mol. The molecule has 0 aliphatic rings. The van der Waals surface area contributed by atoms with Crippen molar-refractivity contribution >= 4 is 11.9 Å². The van der Waals surface area contributed by atoms with Crippen LogP contribution < -0.4 is 5.73 Å². The van der Waals surface area contributed by atoms with Gasteiger partial charge in [0, 0.05) is 0 Å². The summed E-state index contributed by atoms with van der Waals surface area (Å²) >= 11 is 0. The van der Waals surface area contributed by atoms with Gasteiger partial charge in [-0.1, -0.05) is 32.3 Å². The minimum Gasteiger partial charge on any atom is -0.462 e. The van der Waals surface area contributed by atoms with Crippen LogP contribution in [-0.4, -0.2) is 44.0 Å². The van der Waals surface area contributed by atoms with Gasteiger partial charge in [-0.05, 0) is 33.5 Å². The largest absolute Gasteiger partial charge is 0.462 e. The highest BCUT2D eigenvalue weighted by Gasteiger charge is 2.13. The van der Waals surface area contributed by atoms with E-state index in [-0.39, 0.29) is 5.57 Å².